The molecule has 0 N–H and O–H groups in total. The second-order valence-corrected chi connectivity index (χ2v) is 3.50. The van der Waals surface area contributed by atoms with Crippen LogP contribution in [-0.2, 0) is 14.3 Å². The zero-order valence-corrected chi connectivity index (χ0v) is 10.4. The minimum absolute atomic E-state index is 0.0360. The highest BCUT2D eigenvalue weighted by atomic mass is 16.6. The second-order valence-electron chi connectivity index (χ2n) is 3.50. The van der Waals surface area contributed by atoms with E-state index in [4.69, 9.17) is 9.47 Å². The van der Waals surface area contributed by atoms with Crippen LogP contribution >= 0.6 is 0 Å². The molecule has 0 aromatic carbocycles. The quantitative estimate of drug-likeness (QED) is 0.638. The largest absolute Gasteiger partial charge is 0.428 e. The molecule has 0 fully saturated rings. The average molecular weight is 232 g/mol. The summed E-state index contributed by atoms with van der Waals surface area (Å²) in [5.74, 6) is -0.0373. The van der Waals surface area contributed by atoms with Crippen molar-refractivity contribution in [2.24, 2.45) is 0 Å². The Kier molecular flexibility index (Phi) is 7.28. The second kappa shape index (κ2) is 7.92. The molecular weight excluding hydrogens is 212 g/mol. The molecule has 0 rings (SSSR count). The molecule has 0 saturated heterocycles. The Balaban J connectivity index is 3.86. The van der Waals surface area contributed by atoms with Crippen LogP contribution < -0.4 is 0 Å². The molecule has 0 aliphatic rings. The average Bonchev–Trinajstić information content (AvgIpc) is 2.25. The van der Waals surface area contributed by atoms with E-state index in [1.807, 2.05) is 6.92 Å². The van der Waals surface area contributed by atoms with Crippen molar-refractivity contribution in [1.82, 2.24) is 9.80 Å². The molecular formula is C10H20N2O4. The van der Waals surface area contributed by atoms with E-state index in [1.54, 1.807) is 14.1 Å². The van der Waals surface area contributed by atoms with Crippen LogP contribution in [0.25, 0.3) is 0 Å². The number of methoxy groups -OCH3 is 1. The lowest BCUT2D eigenvalue weighted by Crippen LogP contribution is -2.35. The first-order chi connectivity index (χ1) is 7.52. The van der Waals surface area contributed by atoms with E-state index in [0.29, 0.717) is 6.42 Å². The van der Waals surface area contributed by atoms with E-state index in [0.717, 1.165) is 6.42 Å². The van der Waals surface area contributed by atoms with Gasteiger partial charge in [-0.15, -0.1) is 0 Å². The summed E-state index contributed by atoms with van der Waals surface area (Å²) in [6.45, 7) is 2.04. The molecule has 6 nitrogen and oxygen atoms in total. The van der Waals surface area contributed by atoms with Crippen molar-refractivity contribution < 1.29 is 19.1 Å². The van der Waals surface area contributed by atoms with Crippen molar-refractivity contribution >= 4 is 12.0 Å². The summed E-state index contributed by atoms with van der Waals surface area (Å²) in [5.41, 5.74) is 0. The number of nitrogens with zero attached hydrogens (tertiary/aromatic N) is 2. The molecule has 0 unspecified atom stereocenters. The van der Waals surface area contributed by atoms with Gasteiger partial charge in [-0.3, -0.25) is 9.69 Å². The fourth-order valence-corrected chi connectivity index (χ4v) is 0.985. The standard InChI is InChI=1S/C10H20N2O4/c1-5-6-9(13)11(2)8-16-10(14)12(3)7-15-4/h5-8H2,1-4H3. The Morgan fingerprint density at radius 2 is 1.75 bits per heavy atom. The molecule has 94 valence electrons. The highest BCUT2D eigenvalue weighted by Crippen LogP contribution is 1.97. The van der Waals surface area contributed by atoms with E-state index in [1.165, 1.54) is 16.9 Å². The number of carbonyl (C=O) groups excluding carboxylic acids is 2. The van der Waals surface area contributed by atoms with Crippen LogP contribution in [0.2, 0.25) is 0 Å². The Hall–Kier alpha value is -1.30. The lowest BCUT2D eigenvalue weighted by Gasteiger charge is -2.20. The maximum Gasteiger partial charge on any atom is 0.413 e. The third-order valence-corrected chi connectivity index (χ3v) is 1.91. The lowest BCUT2D eigenvalue weighted by atomic mass is 10.3. The van der Waals surface area contributed by atoms with Gasteiger partial charge in [0, 0.05) is 27.6 Å². The molecule has 16 heavy (non-hydrogen) atoms. The van der Waals surface area contributed by atoms with Crippen LogP contribution in [0.15, 0.2) is 0 Å². The maximum absolute atomic E-state index is 11.3. The van der Waals surface area contributed by atoms with Crippen LogP contribution in [0.4, 0.5) is 4.79 Å². The highest BCUT2D eigenvalue weighted by molar-refractivity contribution is 5.76. The Morgan fingerprint density at radius 1 is 1.12 bits per heavy atom. The number of hydrogen-bond acceptors (Lipinski definition) is 4. The fraction of sp³-hybridized carbons (Fsp3) is 0.800. The van der Waals surface area contributed by atoms with E-state index in [-0.39, 0.29) is 19.4 Å². The van der Waals surface area contributed by atoms with Crippen molar-refractivity contribution in [1.29, 1.82) is 0 Å². The Labute approximate surface area is 96.1 Å². The predicted molar refractivity (Wildman–Crippen MR) is 58.7 cm³/mol. The molecule has 0 saturated carbocycles. The van der Waals surface area contributed by atoms with Crippen LogP contribution in [0.3, 0.4) is 0 Å². The number of hydrogen-bond donors (Lipinski definition) is 0. The zero-order chi connectivity index (χ0) is 12.6. The normalized spacial score (nSPS) is 9.75. The van der Waals surface area contributed by atoms with Crippen molar-refractivity contribution in [3.05, 3.63) is 0 Å². The molecule has 0 radical (unpaired) electrons. The minimum Gasteiger partial charge on any atom is -0.428 e. The molecule has 2 amide bonds. The Morgan fingerprint density at radius 3 is 2.25 bits per heavy atom. The van der Waals surface area contributed by atoms with E-state index >= 15 is 0 Å². The molecule has 0 spiro atoms. The van der Waals surface area contributed by atoms with Gasteiger partial charge in [-0.2, -0.15) is 0 Å². The summed E-state index contributed by atoms with van der Waals surface area (Å²) in [6.07, 6.45) is 0.723. The van der Waals surface area contributed by atoms with Crippen molar-refractivity contribution in [3.63, 3.8) is 0 Å². The van der Waals surface area contributed by atoms with Crippen molar-refractivity contribution in [2.45, 2.75) is 19.8 Å². The first kappa shape index (κ1) is 14.7. The zero-order valence-electron chi connectivity index (χ0n) is 10.4. The molecule has 0 aromatic heterocycles. The molecule has 6 heteroatoms. The lowest BCUT2D eigenvalue weighted by molar-refractivity contribution is -0.133. The van der Waals surface area contributed by atoms with Gasteiger partial charge in [0.05, 0.1) is 0 Å². The van der Waals surface area contributed by atoms with E-state index in [2.05, 4.69) is 0 Å². The van der Waals surface area contributed by atoms with Crippen LogP contribution in [0.5, 0.6) is 0 Å². The summed E-state index contributed by atoms with van der Waals surface area (Å²) in [4.78, 5) is 25.3. The molecule has 0 aromatic rings. The monoisotopic (exact) mass is 232 g/mol. The van der Waals surface area contributed by atoms with Crippen molar-refractivity contribution in [3.8, 4) is 0 Å². The van der Waals surface area contributed by atoms with Gasteiger partial charge in [-0.1, -0.05) is 6.92 Å². The predicted octanol–water partition coefficient (Wildman–Crippen LogP) is 0.875. The molecule has 0 aliphatic carbocycles. The first-order valence-electron chi connectivity index (χ1n) is 5.13. The van der Waals surface area contributed by atoms with Crippen LogP contribution in [0, 0.1) is 0 Å². The van der Waals surface area contributed by atoms with Crippen LogP contribution in [0.1, 0.15) is 19.8 Å². The molecule has 0 bridgehead atoms. The topological polar surface area (TPSA) is 59.1 Å². The van der Waals surface area contributed by atoms with E-state index in [9.17, 15) is 9.59 Å². The molecule has 0 atom stereocenters. The van der Waals surface area contributed by atoms with Gasteiger partial charge < -0.3 is 14.4 Å². The Bertz CT molecular complexity index is 233. The fourth-order valence-electron chi connectivity index (χ4n) is 0.985. The maximum atomic E-state index is 11.3. The van der Waals surface area contributed by atoms with Gasteiger partial charge in [0.1, 0.15) is 6.73 Å². The minimum atomic E-state index is -0.516. The first-order valence-corrected chi connectivity index (χ1v) is 5.13. The number of amides is 2. The molecule has 0 aliphatic heterocycles. The number of carbonyl (C=O) groups is 2. The third-order valence-electron chi connectivity index (χ3n) is 1.91. The van der Waals surface area contributed by atoms with Gasteiger partial charge in [0.25, 0.3) is 0 Å². The van der Waals surface area contributed by atoms with Gasteiger partial charge in [0.2, 0.25) is 5.91 Å². The van der Waals surface area contributed by atoms with Crippen LogP contribution in [-0.4, -0.2) is 56.5 Å². The summed E-state index contributed by atoms with van der Waals surface area (Å²) in [6, 6.07) is 0. The highest BCUT2D eigenvalue weighted by Gasteiger charge is 2.12. The summed E-state index contributed by atoms with van der Waals surface area (Å²) >= 11 is 0. The summed E-state index contributed by atoms with van der Waals surface area (Å²) in [7, 11) is 4.64. The third kappa shape index (κ3) is 5.55. The number of rotatable bonds is 6. The van der Waals surface area contributed by atoms with Crippen molar-refractivity contribution in [2.75, 3.05) is 34.7 Å². The van der Waals surface area contributed by atoms with Gasteiger partial charge in [0.15, 0.2) is 6.73 Å². The van der Waals surface area contributed by atoms with E-state index < -0.39 is 6.09 Å². The molecule has 0 heterocycles. The summed E-state index contributed by atoms with van der Waals surface area (Å²) in [5, 5.41) is 0. The van der Waals surface area contributed by atoms with Gasteiger partial charge >= 0.3 is 6.09 Å². The smallest absolute Gasteiger partial charge is 0.413 e. The SMILES string of the molecule is CCCC(=O)N(C)COC(=O)N(C)COC. The summed E-state index contributed by atoms with van der Waals surface area (Å²) < 4.78 is 9.66. The number of ether oxygens (including phenoxy) is 2. The van der Waals surface area contributed by atoms with Gasteiger partial charge in [-0.25, -0.2) is 4.79 Å². The van der Waals surface area contributed by atoms with Gasteiger partial charge in [-0.05, 0) is 6.42 Å².